The van der Waals surface area contributed by atoms with Crippen LogP contribution < -0.4 is 10.7 Å². The molecule has 0 heterocycles. The molecule has 0 bridgehead atoms. The van der Waals surface area contributed by atoms with Gasteiger partial charge in [-0.25, -0.2) is 5.43 Å². The van der Waals surface area contributed by atoms with Gasteiger partial charge in [0.15, 0.2) is 0 Å². The zero-order valence-electron chi connectivity index (χ0n) is 15.7. The smallest absolute Gasteiger partial charge is 0.271 e. The molecule has 2 aromatic rings. The zero-order chi connectivity index (χ0) is 19.1. The molecule has 5 heteroatoms. The number of nitrogens with one attached hydrogen (secondary N) is 2. The van der Waals surface area contributed by atoms with Gasteiger partial charge in [0.1, 0.15) is 0 Å². The first-order valence-electron chi connectivity index (χ1n) is 8.65. The lowest BCUT2D eigenvalue weighted by molar-refractivity contribution is -0.115. The van der Waals surface area contributed by atoms with E-state index in [0.29, 0.717) is 17.2 Å². The van der Waals surface area contributed by atoms with Crippen molar-refractivity contribution in [3.05, 3.63) is 65.2 Å². The lowest BCUT2D eigenvalue weighted by Gasteiger charge is -2.09. The molecule has 0 saturated carbocycles. The normalized spacial score (nSPS) is 11.3. The van der Waals surface area contributed by atoms with Crippen molar-refractivity contribution in [3.8, 4) is 0 Å². The number of carbonyl (C=O) groups is 2. The van der Waals surface area contributed by atoms with E-state index in [-0.39, 0.29) is 18.2 Å². The Morgan fingerprint density at radius 1 is 1.04 bits per heavy atom. The molecule has 0 radical (unpaired) electrons. The summed E-state index contributed by atoms with van der Waals surface area (Å²) in [6.45, 7) is 7.82. The highest BCUT2D eigenvalue weighted by Gasteiger charge is 2.09. The van der Waals surface area contributed by atoms with E-state index in [1.54, 1.807) is 19.1 Å². The highest BCUT2D eigenvalue weighted by atomic mass is 16.2. The first-order valence-corrected chi connectivity index (χ1v) is 8.65. The Hall–Kier alpha value is -2.95. The lowest BCUT2D eigenvalue weighted by atomic mass is 10.0. The summed E-state index contributed by atoms with van der Waals surface area (Å²) < 4.78 is 0. The first-order chi connectivity index (χ1) is 12.4. The first kappa shape index (κ1) is 19.4. The minimum absolute atomic E-state index is 0.111. The molecule has 0 aliphatic heterocycles. The molecule has 2 N–H and O–H groups in total. The molecule has 0 atom stereocenters. The van der Waals surface area contributed by atoms with Gasteiger partial charge >= 0.3 is 0 Å². The molecule has 5 nitrogen and oxygen atoms in total. The van der Waals surface area contributed by atoms with E-state index in [4.69, 9.17) is 0 Å². The molecule has 136 valence electrons. The number of hydrogen-bond donors (Lipinski definition) is 2. The van der Waals surface area contributed by atoms with E-state index in [1.807, 2.05) is 43.3 Å². The SMILES string of the molecule is CC(CC(=O)Nc1ccc(C(C)C)cc1)=NNC(=O)c1ccccc1C. The van der Waals surface area contributed by atoms with Crippen LogP contribution in [0.1, 0.15) is 54.6 Å². The van der Waals surface area contributed by atoms with Gasteiger partial charge in [-0.3, -0.25) is 9.59 Å². The van der Waals surface area contributed by atoms with Crippen LogP contribution in [0.3, 0.4) is 0 Å². The molecule has 0 fully saturated rings. The average Bonchev–Trinajstić information content (AvgIpc) is 2.60. The summed E-state index contributed by atoms with van der Waals surface area (Å²) >= 11 is 0. The van der Waals surface area contributed by atoms with Crippen LogP contribution in [0.15, 0.2) is 53.6 Å². The molecule has 2 rings (SSSR count). The van der Waals surface area contributed by atoms with E-state index in [2.05, 4.69) is 29.7 Å². The number of hydrazone groups is 1. The summed E-state index contributed by atoms with van der Waals surface area (Å²) in [7, 11) is 0. The summed E-state index contributed by atoms with van der Waals surface area (Å²) in [6, 6.07) is 15.1. The summed E-state index contributed by atoms with van der Waals surface area (Å²) in [4.78, 5) is 24.2. The van der Waals surface area contributed by atoms with Crippen LogP contribution in [0.2, 0.25) is 0 Å². The largest absolute Gasteiger partial charge is 0.326 e. The molecule has 0 aliphatic carbocycles. The number of benzene rings is 2. The van der Waals surface area contributed by atoms with Gasteiger partial charge in [0.25, 0.3) is 5.91 Å². The van der Waals surface area contributed by atoms with Gasteiger partial charge in [-0.2, -0.15) is 5.10 Å². The van der Waals surface area contributed by atoms with Crippen LogP contribution in [-0.2, 0) is 4.79 Å². The fraction of sp³-hybridized carbons (Fsp3) is 0.286. The van der Waals surface area contributed by atoms with Gasteiger partial charge in [-0.15, -0.1) is 0 Å². The topological polar surface area (TPSA) is 70.6 Å². The molecule has 2 aromatic carbocycles. The lowest BCUT2D eigenvalue weighted by Crippen LogP contribution is -2.22. The molecule has 0 saturated heterocycles. The van der Waals surface area contributed by atoms with Crippen LogP contribution in [0.25, 0.3) is 0 Å². The predicted octanol–water partition coefficient (Wildman–Crippen LogP) is 4.25. The molecule has 26 heavy (non-hydrogen) atoms. The predicted molar refractivity (Wildman–Crippen MR) is 106 cm³/mol. The molecule has 0 spiro atoms. The van der Waals surface area contributed by atoms with E-state index in [9.17, 15) is 9.59 Å². The Balaban J connectivity index is 1.89. The summed E-state index contributed by atoms with van der Waals surface area (Å²) in [5.41, 5.74) is 6.44. The van der Waals surface area contributed by atoms with Gasteiger partial charge in [0.05, 0.1) is 6.42 Å². The second kappa shape index (κ2) is 8.94. The second-order valence-electron chi connectivity index (χ2n) is 6.60. The maximum absolute atomic E-state index is 12.1. The molecule has 0 aliphatic rings. The summed E-state index contributed by atoms with van der Waals surface area (Å²) in [5, 5.41) is 6.85. The minimum Gasteiger partial charge on any atom is -0.326 e. The fourth-order valence-corrected chi connectivity index (χ4v) is 2.46. The van der Waals surface area contributed by atoms with Crippen molar-refractivity contribution in [2.45, 2.75) is 40.0 Å². The van der Waals surface area contributed by atoms with Crippen LogP contribution in [-0.4, -0.2) is 17.5 Å². The van der Waals surface area contributed by atoms with Crippen molar-refractivity contribution in [3.63, 3.8) is 0 Å². The Morgan fingerprint density at radius 2 is 1.69 bits per heavy atom. The van der Waals surface area contributed by atoms with Gasteiger partial charge in [-0.1, -0.05) is 44.2 Å². The third-order valence-corrected chi connectivity index (χ3v) is 4.02. The van der Waals surface area contributed by atoms with Gasteiger partial charge < -0.3 is 5.32 Å². The maximum Gasteiger partial charge on any atom is 0.271 e. The van der Waals surface area contributed by atoms with E-state index < -0.39 is 0 Å². The molecule has 0 unspecified atom stereocenters. The highest BCUT2D eigenvalue weighted by Crippen LogP contribution is 2.17. The number of anilines is 1. The van der Waals surface area contributed by atoms with Crippen molar-refractivity contribution in [1.82, 2.24) is 5.43 Å². The zero-order valence-corrected chi connectivity index (χ0v) is 15.7. The van der Waals surface area contributed by atoms with Crippen LogP contribution >= 0.6 is 0 Å². The second-order valence-corrected chi connectivity index (χ2v) is 6.60. The maximum atomic E-state index is 12.1. The van der Waals surface area contributed by atoms with Crippen molar-refractivity contribution in [1.29, 1.82) is 0 Å². The van der Waals surface area contributed by atoms with Crippen molar-refractivity contribution < 1.29 is 9.59 Å². The van der Waals surface area contributed by atoms with E-state index >= 15 is 0 Å². The summed E-state index contributed by atoms with van der Waals surface area (Å²) in [5.74, 6) is -0.00758. The average molecular weight is 351 g/mol. The quantitative estimate of drug-likeness (QED) is 0.603. The number of amides is 2. The number of nitrogens with zero attached hydrogens (tertiary/aromatic N) is 1. The number of aryl methyl sites for hydroxylation is 1. The number of carbonyl (C=O) groups excluding carboxylic acids is 2. The third-order valence-electron chi connectivity index (χ3n) is 4.02. The van der Waals surface area contributed by atoms with Crippen molar-refractivity contribution >= 4 is 23.2 Å². The molecular weight excluding hydrogens is 326 g/mol. The monoisotopic (exact) mass is 351 g/mol. The molecule has 0 aromatic heterocycles. The van der Waals surface area contributed by atoms with Crippen molar-refractivity contribution in [2.24, 2.45) is 5.10 Å². The standard InChI is InChI=1S/C21H25N3O2/c1-14(2)17-9-11-18(12-10-17)22-20(25)13-16(4)23-24-21(26)19-8-6-5-7-15(19)3/h5-12,14H,13H2,1-4H3,(H,22,25)(H,24,26). The Kier molecular flexibility index (Phi) is 6.67. The van der Waals surface area contributed by atoms with Gasteiger partial charge in [0.2, 0.25) is 5.91 Å². The van der Waals surface area contributed by atoms with Crippen LogP contribution in [0, 0.1) is 6.92 Å². The number of rotatable bonds is 6. The minimum atomic E-state index is -0.285. The van der Waals surface area contributed by atoms with Gasteiger partial charge in [-0.05, 0) is 49.1 Å². The van der Waals surface area contributed by atoms with Gasteiger partial charge in [0, 0.05) is 17.0 Å². The Bertz CT molecular complexity index is 808. The van der Waals surface area contributed by atoms with E-state index in [0.717, 1.165) is 11.3 Å². The fourth-order valence-electron chi connectivity index (χ4n) is 2.46. The highest BCUT2D eigenvalue weighted by molar-refractivity contribution is 6.06. The van der Waals surface area contributed by atoms with E-state index in [1.165, 1.54) is 5.56 Å². The Labute approximate surface area is 154 Å². The molecular formula is C21H25N3O2. The molecule has 2 amide bonds. The Morgan fingerprint density at radius 3 is 2.31 bits per heavy atom. The van der Waals surface area contributed by atoms with Crippen LogP contribution in [0.5, 0.6) is 0 Å². The number of hydrogen-bond acceptors (Lipinski definition) is 3. The summed E-state index contributed by atoms with van der Waals surface area (Å²) in [6.07, 6.45) is 0.111. The van der Waals surface area contributed by atoms with Crippen molar-refractivity contribution in [2.75, 3.05) is 5.32 Å². The van der Waals surface area contributed by atoms with Crippen LogP contribution in [0.4, 0.5) is 5.69 Å². The third kappa shape index (κ3) is 5.55.